The topological polar surface area (TPSA) is 52.2 Å². The van der Waals surface area contributed by atoms with Crippen molar-refractivity contribution in [1.29, 1.82) is 0 Å². The SMILES string of the molecule is O=C([C@H]1C[C@H]1c1ccccc1)N1CCN(c2nc3ccccc3[nH]2)CC1. The maximum Gasteiger partial charge on any atom is 0.226 e. The Morgan fingerprint density at radius 3 is 2.46 bits per heavy atom. The number of fused-ring (bicyclic) bond motifs is 1. The van der Waals surface area contributed by atoms with Crippen LogP contribution in [0.25, 0.3) is 11.0 Å². The van der Waals surface area contributed by atoms with Crippen molar-refractivity contribution < 1.29 is 4.79 Å². The molecule has 5 heteroatoms. The maximum atomic E-state index is 12.8. The van der Waals surface area contributed by atoms with Crippen molar-refractivity contribution in [2.75, 3.05) is 31.1 Å². The van der Waals surface area contributed by atoms with Crippen molar-refractivity contribution in [1.82, 2.24) is 14.9 Å². The van der Waals surface area contributed by atoms with E-state index in [1.54, 1.807) is 0 Å². The van der Waals surface area contributed by atoms with Gasteiger partial charge in [-0.15, -0.1) is 0 Å². The fourth-order valence-corrected chi connectivity index (χ4v) is 4.00. The van der Waals surface area contributed by atoms with Gasteiger partial charge in [-0.2, -0.15) is 0 Å². The van der Waals surface area contributed by atoms with Gasteiger partial charge in [0, 0.05) is 32.1 Å². The zero-order valence-corrected chi connectivity index (χ0v) is 14.6. The number of carbonyl (C=O) groups is 1. The molecule has 1 saturated carbocycles. The van der Waals surface area contributed by atoms with Gasteiger partial charge >= 0.3 is 0 Å². The summed E-state index contributed by atoms with van der Waals surface area (Å²) in [6.07, 6.45) is 0.993. The third-order valence-electron chi connectivity index (χ3n) is 5.60. The number of imidazole rings is 1. The van der Waals surface area contributed by atoms with Gasteiger partial charge in [-0.25, -0.2) is 4.98 Å². The molecular weight excluding hydrogens is 324 g/mol. The Morgan fingerprint density at radius 1 is 0.962 bits per heavy atom. The molecule has 0 unspecified atom stereocenters. The molecule has 0 bridgehead atoms. The number of rotatable bonds is 3. The summed E-state index contributed by atoms with van der Waals surface area (Å²) < 4.78 is 0. The Morgan fingerprint density at radius 2 is 1.69 bits per heavy atom. The number of nitrogens with zero attached hydrogens (tertiary/aromatic N) is 3. The van der Waals surface area contributed by atoms with Crippen LogP contribution in [0.2, 0.25) is 0 Å². The molecule has 132 valence electrons. The number of benzene rings is 2. The highest BCUT2D eigenvalue weighted by Crippen LogP contribution is 2.48. The summed E-state index contributed by atoms with van der Waals surface area (Å²) in [5.74, 6) is 1.82. The molecule has 1 aliphatic carbocycles. The zero-order chi connectivity index (χ0) is 17.5. The Labute approximate surface area is 152 Å². The van der Waals surface area contributed by atoms with Crippen molar-refractivity contribution >= 4 is 22.9 Å². The maximum absolute atomic E-state index is 12.8. The standard InChI is InChI=1S/C21H22N4O/c26-20(17-14-16(17)15-6-2-1-3-7-15)24-10-12-25(13-11-24)21-22-18-8-4-5-9-19(18)23-21/h1-9,16-17H,10-14H2,(H,22,23)/t16-,17-/m0/s1. The lowest BCUT2D eigenvalue weighted by molar-refractivity contribution is -0.133. The summed E-state index contributed by atoms with van der Waals surface area (Å²) in [5, 5.41) is 0. The van der Waals surface area contributed by atoms with E-state index in [0.717, 1.165) is 49.6 Å². The lowest BCUT2D eigenvalue weighted by Gasteiger charge is -2.34. The van der Waals surface area contributed by atoms with Gasteiger partial charge in [0.1, 0.15) is 0 Å². The number of carbonyl (C=O) groups excluding carboxylic acids is 1. The second kappa shape index (κ2) is 6.16. The van der Waals surface area contributed by atoms with Crippen LogP contribution in [0.4, 0.5) is 5.95 Å². The Bertz CT molecular complexity index is 894. The number of hydrogen-bond donors (Lipinski definition) is 1. The highest BCUT2D eigenvalue weighted by Gasteiger charge is 2.46. The molecule has 2 fully saturated rings. The fourth-order valence-electron chi connectivity index (χ4n) is 4.00. The first kappa shape index (κ1) is 15.4. The average molecular weight is 346 g/mol. The molecule has 3 aromatic rings. The van der Waals surface area contributed by atoms with Gasteiger partial charge in [0.05, 0.1) is 11.0 Å². The van der Waals surface area contributed by atoms with Crippen LogP contribution in [-0.2, 0) is 4.79 Å². The average Bonchev–Trinajstić information content (AvgIpc) is 3.39. The first-order valence-electron chi connectivity index (χ1n) is 9.33. The monoisotopic (exact) mass is 346 g/mol. The summed E-state index contributed by atoms with van der Waals surface area (Å²) in [5.41, 5.74) is 3.35. The molecule has 0 radical (unpaired) electrons. The van der Waals surface area contributed by atoms with Gasteiger partial charge in [-0.3, -0.25) is 4.79 Å². The van der Waals surface area contributed by atoms with Crippen molar-refractivity contribution in [2.45, 2.75) is 12.3 Å². The van der Waals surface area contributed by atoms with Gasteiger partial charge in [0.15, 0.2) is 0 Å². The number of aromatic nitrogens is 2. The number of nitrogens with one attached hydrogen (secondary N) is 1. The lowest BCUT2D eigenvalue weighted by Crippen LogP contribution is -2.49. The van der Waals surface area contributed by atoms with Crippen LogP contribution in [0, 0.1) is 5.92 Å². The second-order valence-electron chi connectivity index (χ2n) is 7.25. The number of para-hydroxylation sites is 2. The quantitative estimate of drug-likeness (QED) is 0.793. The predicted molar refractivity (Wildman–Crippen MR) is 102 cm³/mol. The molecule has 1 aliphatic heterocycles. The predicted octanol–water partition coefficient (Wildman–Crippen LogP) is 3.02. The molecule has 1 N–H and O–H groups in total. The number of H-pyrrole nitrogens is 1. The molecule has 1 saturated heterocycles. The van der Waals surface area contributed by atoms with E-state index in [0.29, 0.717) is 11.8 Å². The number of piperazine rings is 1. The molecule has 2 aromatic carbocycles. The van der Waals surface area contributed by atoms with Crippen molar-refractivity contribution in [2.24, 2.45) is 5.92 Å². The van der Waals surface area contributed by atoms with Crippen LogP contribution >= 0.6 is 0 Å². The third kappa shape index (κ3) is 2.73. The Balaban J connectivity index is 1.21. The smallest absolute Gasteiger partial charge is 0.226 e. The minimum atomic E-state index is 0.176. The summed E-state index contributed by atoms with van der Waals surface area (Å²) in [6, 6.07) is 18.5. The molecule has 26 heavy (non-hydrogen) atoms. The fraction of sp³-hybridized carbons (Fsp3) is 0.333. The van der Waals surface area contributed by atoms with Gasteiger partial charge < -0.3 is 14.8 Å². The second-order valence-corrected chi connectivity index (χ2v) is 7.25. The van der Waals surface area contributed by atoms with Crippen molar-refractivity contribution in [3.63, 3.8) is 0 Å². The van der Waals surface area contributed by atoms with Crippen LogP contribution in [0.3, 0.4) is 0 Å². The Kier molecular flexibility index (Phi) is 3.66. The molecule has 2 heterocycles. The van der Waals surface area contributed by atoms with Crippen LogP contribution in [0.15, 0.2) is 54.6 Å². The minimum absolute atomic E-state index is 0.176. The van der Waals surface area contributed by atoms with Crippen molar-refractivity contribution in [3.05, 3.63) is 60.2 Å². The van der Waals surface area contributed by atoms with E-state index < -0.39 is 0 Å². The van der Waals surface area contributed by atoms with Gasteiger partial charge in [0.2, 0.25) is 11.9 Å². The van der Waals surface area contributed by atoms with Crippen molar-refractivity contribution in [3.8, 4) is 0 Å². The highest BCUT2D eigenvalue weighted by molar-refractivity contribution is 5.83. The highest BCUT2D eigenvalue weighted by atomic mass is 16.2. The summed E-state index contributed by atoms with van der Waals surface area (Å²) in [7, 11) is 0. The van der Waals surface area contributed by atoms with E-state index in [1.807, 2.05) is 35.2 Å². The largest absolute Gasteiger partial charge is 0.339 e. The molecule has 5 rings (SSSR count). The van der Waals surface area contributed by atoms with E-state index in [2.05, 4.69) is 39.1 Å². The number of amides is 1. The summed E-state index contributed by atoms with van der Waals surface area (Å²) in [4.78, 5) is 25.1. The van der Waals surface area contributed by atoms with Crippen LogP contribution in [0.1, 0.15) is 17.9 Å². The molecule has 5 nitrogen and oxygen atoms in total. The van der Waals surface area contributed by atoms with E-state index >= 15 is 0 Å². The summed E-state index contributed by atoms with van der Waals surface area (Å²) >= 11 is 0. The van der Waals surface area contributed by atoms with Gasteiger partial charge in [-0.1, -0.05) is 42.5 Å². The van der Waals surface area contributed by atoms with Crippen LogP contribution in [-0.4, -0.2) is 47.0 Å². The van der Waals surface area contributed by atoms with Crippen LogP contribution in [0.5, 0.6) is 0 Å². The van der Waals surface area contributed by atoms with E-state index in [-0.39, 0.29) is 5.92 Å². The number of anilines is 1. The third-order valence-corrected chi connectivity index (χ3v) is 5.60. The number of hydrogen-bond acceptors (Lipinski definition) is 3. The minimum Gasteiger partial charge on any atom is -0.339 e. The molecule has 0 spiro atoms. The molecule has 1 aromatic heterocycles. The lowest BCUT2D eigenvalue weighted by atomic mass is 10.1. The van der Waals surface area contributed by atoms with Crippen LogP contribution < -0.4 is 4.90 Å². The molecule has 1 amide bonds. The van der Waals surface area contributed by atoms with E-state index in [1.165, 1.54) is 5.56 Å². The summed E-state index contributed by atoms with van der Waals surface area (Å²) in [6.45, 7) is 3.20. The Hall–Kier alpha value is -2.82. The number of aromatic amines is 1. The first-order chi connectivity index (χ1) is 12.8. The normalized spacial score (nSPS) is 22.6. The van der Waals surface area contributed by atoms with Gasteiger partial charge in [-0.05, 0) is 30.0 Å². The molecule has 2 atom stereocenters. The zero-order valence-electron chi connectivity index (χ0n) is 14.6. The van der Waals surface area contributed by atoms with E-state index in [4.69, 9.17) is 0 Å². The molecular formula is C21H22N4O. The molecule has 2 aliphatic rings. The first-order valence-corrected chi connectivity index (χ1v) is 9.33. The van der Waals surface area contributed by atoms with E-state index in [9.17, 15) is 4.79 Å². The van der Waals surface area contributed by atoms with Gasteiger partial charge in [0.25, 0.3) is 0 Å².